The third kappa shape index (κ3) is 3.41. The number of rotatable bonds is 5. The first-order valence-electron chi connectivity index (χ1n) is 8.89. The second kappa shape index (κ2) is 7.20. The van der Waals surface area contributed by atoms with E-state index in [4.69, 9.17) is 0 Å². The van der Waals surface area contributed by atoms with Crippen LogP contribution in [0.5, 0.6) is 0 Å². The number of aromatic nitrogens is 4. The number of benzene rings is 1. The number of carbonyl (C=O) groups excluding carboxylic acids is 2. The van der Waals surface area contributed by atoms with E-state index < -0.39 is 6.04 Å². The topological polar surface area (TPSA) is 117 Å². The fraction of sp³-hybridized carbons (Fsp3) is 0.333. The Labute approximate surface area is 155 Å². The van der Waals surface area contributed by atoms with Crippen LogP contribution in [0.1, 0.15) is 28.7 Å². The zero-order valence-corrected chi connectivity index (χ0v) is 15.0. The van der Waals surface area contributed by atoms with E-state index in [0.717, 1.165) is 41.8 Å². The fourth-order valence-corrected chi connectivity index (χ4v) is 3.19. The van der Waals surface area contributed by atoms with E-state index in [1.807, 2.05) is 28.9 Å². The molecule has 1 unspecified atom stereocenters. The highest BCUT2D eigenvalue weighted by atomic mass is 16.2. The number of nitrogens with zero attached hydrogens (tertiary/aromatic N) is 3. The van der Waals surface area contributed by atoms with E-state index >= 15 is 0 Å². The Bertz CT molecular complexity index is 991. The molecule has 0 aliphatic carbocycles. The summed E-state index contributed by atoms with van der Waals surface area (Å²) in [5.41, 5.74) is 3.12. The van der Waals surface area contributed by atoms with Crippen molar-refractivity contribution < 1.29 is 9.59 Å². The Morgan fingerprint density at radius 3 is 3.07 bits per heavy atom. The number of amides is 2. The smallest absolute Gasteiger partial charge is 0.273 e. The number of hydrogen-bond acceptors (Lipinski definition) is 5. The average molecular weight is 367 g/mol. The van der Waals surface area contributed by atoms with Crippen molar-refractivity contribution in [2.45, 2.75) is 32.6 Å². The molecule has 1 aliphatic rings. The van der Waals surface area contributed by atoms with Crippen LogP contribution in [0.4, 0.5) is 0 Å². The van der Waals surface area contributed by atoms with Gasteiger partial charge in [-0.1, -0.05) is 18.2 Å². The second-order valence-corrected chi connectivity index (χ2v) is 6.55. The average Bonchev–Trinajstić information content (AvgIpc) is 3.30. The molecule has 3 heterocycles. The number of hydrogen-bond donors (Lipinski definition) is 4. The van der Waals surface area contributed by atoms with Crippen LogP contribution in [0.25, 0.3) is 10.9 Å². The highest BCUT2D eigenvalue weighted by Gasteiger charge is 2.21. The first-order chi connectivity index (χ1) is 13.1. The Morgan fingerprint density at radius 1 is 1.33 bits per heavy atom. The Balaban J connectivity index is 1.36. The van der Waals surface area contributed by atoms with Crippen LogP contribution < -0.4 is 16.0 Å². The summed E-state index contributed by atoms with van der Waals surface area (Å²) >= 11 is 0. The summed E-state index contributed by atoms with van der Waals surface area (Å²) in [5.74, 6) is -0.644. The first-order valence-corrected chi connectivity index (χ1v) is 8.89. The molecule has 0 fully saturated rings. The van der Waals surface area contributed by atoms with Crippen LogP contribution in [-0.4, -0.2) is 44.4 Å². The van der Waals surface area contributed by atoms with Crippen LogP contribution in [0.2, 0.25) is 0 Å². The van der Waals surface area contributed by atoms with Crippen molar-refractivity contribution in [3.63, 3.8) is 0 Å². The van der Waals surface area contributed by atoms with Crippen LogP contribution in [0.3, 0.4) is 0 Å². The third-order valence-corrected chi connectivity index (χ3v) is 4.71. The summed E-state index contributed by atoms with van der Waals surface area (Å²) in [6, 6.07) is 6.68. The zero-order valence-electron chi connectivity index (χ0n) is 15.0. The van der Waals surface area contributed by atoms with Gasteiger partial charge in [0, 0.05) is 30.6 Å². The summed E-state index contributed by atoms with van der Waals surface area (Å²) in [6.45, 7) is 4.49. The first kappa shape index (κ1) is 17.2. The van der Waals surface area contributed by atoms with Crippen LogP contribution in [0, 0.1) is 0 Å². The monoisotopic (exact) mass is 367 g/mol. The summed E-state index contributed by atoms with van der Waals surface area (Å²) in [5, 5.41) is 20.8. The molecule has 9 heteroatoms. The Morgan fingerprint density at radius 2 is 2.19 bits per heavy atom. The van der Waals surface area contributed by atoms with Gasteiger partial charge in [0.15, 0.2) is 5.69 Å². The highest BCUT2D eigenvalue weighted by molar-refractivity contribution is 6.05. The standard InChI is InChI=1S/C18H21N7O2/c1-11(22-18(27)16-13-4-2-3-5-14(13)23-24-16)17(26)20-8-12-9-21-25-7-6-19-10-15(12)25/h2-5,9,11,19H,6-8,10H2,1H3,(H,20,26)(H,22,27)(H,23,24). The van der Waals surface area contributed by atoms with Gasteiger partial charge in [-0.3, -0.25) is 19.4 Å². The molecule has 1 aromatic carbocycles. The normalized spacial score (nSPS) is 14.6. The summed E-state index contributed by atoms with van der Waals surface area (Å²) in [4.78, 5) is 24.8. The number of fused-ring (bicyclic) bond motifs is 2. The van der Waals surface area contributed by atoms with Gasteiger partial charge in [0.25, 0.3) is 5.91 Å². The summed E-state index contributed by atoms with van der Waals surface area (Å²) < 4.78 is 1.95. The van der Waals surface area contributed by atoms with Crippen molar-refractivity contribution >= 4 is 22.7 Å². The van der Waals surface area contributed by atoms with Gasteiger partial charge in [-0.05, 0) is 13.0 Å². The maximum atomic E-state index is 12.5. The van der Waals surface area contributed by atoms with Gasteiger partial charge in [-0.2, -0.15) is 10.2 Å². The maximum Gasteiger partial charge on any atom is 0.273 e. The zero-order chi connectivity index (χ0) is 18.8. The molecule has 27 heavy (non-hydrogen) atoms. The largest absolute Gasteiger partial charge is 0.350 e. The van der Waals surface area contributed by atoms with Gasteiger partial charge in [0.05, 0.1) is 24.0 Å². The molecule has 2 aromatic heterocycles. The van der Waals surface area contributed by atoms with Crippen molar-refractivity contribution in [3.8, 4) is 0 Å². The Kier molecular flexibility index (Phi) is 4.59. The van der Waals surface area contributed by atoms with E-state index in [0.29, 0.717) is 6.54 Å². The second-order valence-electron chi connectivity index (χ2n) is 6.55. The molecule has 0 radical (unpaired) electrons. The molecule has 0 spiro atoms. The molecule has 0 bridgehead atoms. The molecule has 140 valence electrons. The maximum absolute atomic E-state index is 12.5. The minimum atomic E-state index is -0.683. The lowest BCUT2D eigenvalue weighted by atomic mass is 10.2. The van der Waals surface area contributed by atoms with Crippen LogP contribution in [0.15, 0.2) is 30.5 Å². The van der Waals surface area contributed by atoms with Gasteiger partial charge >= 0.3 is 0 Å². The molecule has 0 saturated carbocycles. The van der Waals surface area contributed by atoms with Gasteiger partial charge in [-0.15, -0.1) is 0 Å². The van der Waals surface area contributed by atoms with Crippen molar-refractivity contribution in [1.82, 2.24) is 35.9 Å². The molecule has 3 aromatic rings. The molecular formula is C18H21N7O2. The van der Waals surface area contributed by atoms with Gasteiger partial charge < -0.3 is 16.0 Å². The highest BCUT2D eigenvalue weighted by Crippen LogP contribution is 2.15. The molecule has 1 atom stereocenters. The molecule has 1 aliphatic heterocycles. The number of H-pyrrole nitrogens is 1. The van der Waals surface area contributed by atoms with E-state index in [1.165, 1.54) is 0 Å². The lowest BCUT2D eigenvalue weighted by molar-refractivity contribution is -0.122. The van der Waals surface area contributed by atoms with Gasteiger partial charge in [0.2, 0.25) is 5.91 Å². The van der Waals surface area contributed by atoms with Crippen molar-refractivity contribution in [1.29, 1.82) is 0 Å². The molecule has 2 amide bonds. The molecule has 0 saturated heterocycles. The van der Waals surface area contributed by atoms with E-state index in [9.17, 15) is 9.59 Å². The quantitative estimate of drug-likeness (QED) is 0.517. The van der Waals surface area contributed by atoms with Crippen molar-refractivity contribution in [2.24, 2.45) is 0 Å². The van der Waals surface area contributed by atoms with E-state index in [1.54, 1.807) is 13.1 Å². The fourth-order valence-electron chi connectivity index (χ4n) is 3.19. The van der Waals surface area contributed by atoms with Crippen LogP contribution >= 0.6 is 0 Å². The van der Waals surface area contributed by atoms with Gasteiger partial charge in [0.1, 0.15) is 6.04 Å². The third-order valence-electron chi connectivity index (χ3n) is 4.71. The van der Waals surface area contributed by atoms with Crippen molar-refractivity contribution in [3.05, 3.63) is 47.4 Å². The van der Waals surface area contributed by atoms with E-state index in [2.05, 4.69) is 31.2 Å². The molecule has 4 rings (SSSR count). The van der Waals surface area contributed by atoms with E-state index in [-0.39, 0.29) is 17.5 Å². The molecular weight excluding hydrogens is 346 g/mol. The minimum absolute atomic E-state index is 0.257. The molecule has 4 N–H and O–H groups in total. The lowest BCUT2D eigenvalue weighted by Crippen LogP contribution is -2.44. The Hall–Kier alpha value is -3.20. The minimum Gasteiger partial charge on any atom is -0.350 e. The van der Waals surface area contributed by atoms with Gasteiger partial charge in [-0.25, -0.2) is 0 Å². The summed E-state index contributed by atoms with van der Waals surface area (Å²) in [6.07, 6.45) is 1.78. The number of nitrogens with one attached hydrogen (secondary N) is 4. The molecule has 9 nitrogen and oxygen atoms in total. The predicted molar refractivity (Wildman–Crippen MR) is 98.8 cm³/mol. The summed E-state index contributed by atoms with van der Waals surface area (Å²) in [7, 11) is 0. The SMILES string of the molecule is CC(NC(=O)c1n[nH]c2ccccc12)C(=O)NCc1cnn2c1CNCC2. The number of carbonyl (C=O) groups is 2. The predicted octanol–water partition coefficient (Wildman–Crippen LogP) is 0.297. The number of para-hydroxylation sites is 1. The van der Waals surface area contributed by atoms with Crippen molar-refractivity contribution in [2.75, 3.05) is 6.54 Å². The number of aromatic amines is 1. The van der Waals surface area contributed by atoms with Crippen LogP contribution in [-0.2, 0) is 24.4 Å². The lowest BCUT2D eigenvalue weighted by Gasteiger charge is -2.17.